The molecular weight excluding hydrogens is 382 g/mol. The Hall–Kier alpha value is -3.68. The number of amides is 1. The summed E-state index contributed by atoms with van der Waals surface area (Å²) >= 11 is 0. The molecule has 1 aliphatic rings. The summed E-state index contributed by atoms with van der Waals surface area (Å²) in [5.74, 6) is 1.78. The van der Waals surface area contributed by atoms with E-state index in [0.717, 1.165) is 28.6 Å². The summed E-state index contributed by atoms with van der Waals surface area (Å²) in [7, 11) is 1.86. The number of aryl methyl sites for hydroxylation is 2. The van der Waals surface area contributed by atoms with Gasteiger partial charge >= 0.3 is 0 Å². The van der Waals surface area contributed by atoms with E-state index in [-0.39, 0.29) is 12.0 Å². The first-order valence-corrected chi connectivity index (χ1v) is 9.87. The van der Waals surface area contributed by atoms with Crippen LogP contribution >= 0.6 is 0 Å². The van der Waals surface area contributed by atoms with Crippen LogP contribution in [-0.4, -0.2) is 49.9 Å². The van der Waals surface area contributed by atoms with Gasteiger partial charge in [0.2, 0.25) is 11.7 Å². The Morgan fingerprint density at radius 2 is 1.97 bits per heavy atom. The number of aromatic nitrogens is 4. The summed E-state index contributed by atoms with van der Waals surface area (Å²) in [6.45, 7) is 2.94. The molecule has 5 rings (SSSR count). The van der Waals surface area contributed by atoms with Gasteiger partial charge in [-0.15, -0.1) is 0 Å². The van der Waals surface area contributed by atoms with Crippen molar-refractivity contribution in [3.05, 3.63) is 60.1 Å². The zero-order chi connectivity index (χ0) is 20.7. The molecule has 4 aromatic rings. The van der Waals surface area contributed by atoms with Gasteiger partial charge in [-0.05, 0) is 30.3 Å². The quantitative estimate of drug-likeness (QED) is 0.520. The van der Waals surface area contributed by atoms with Crippen LogP contribution in [0, 0.1) is 6.92 Å². The Labute approximate surface area is 173 Å². The molecule has 0 N–H and O–H groups in total. The van der Waals surface area contributed by atoms with E-state index in [1.54, 1.807) is 11.6 Å². The van der Waals surface area contributed by atoms with E-state index < -0.39 is 0 Å². The van der Waals surface area contributed by atoms with Crippen molar-refractivity contribution in [2.45, 2.75) is 19.4 Å². The molecule has 0 saturated carbocycles. The lowest BCUT2D eigenvalue weighted by molar-refractivity contribution is 0.0767. The summed E-state index contributed by atoms with van der Waals surface area (Å²) in [6.07, 6.45) is 0.727. The van der Waals surface area contributed by atoms with Crippen LogP contribution in [0.25, 0.3) is 22.3 Å². The van der Waals surface area contributed by atoms with E-state index in [0.29, 0.717) is 30.5 Å². The third-order valence-electron chi connectivity index (χ3n) is 5.34. The van der Waals surface area contributed by atoms with E-state index in [1.165, 1.54) is 0 Å². The van der Waals surface area contributed by atoms with E-state index in [2.05, 4.69) is 15.2 Å². The predicted molar refractivity (Wildman–Crippen MR) is 110 cm³/mol. The molecule has 1 atom stereocenters. The van der Waals surface area contributed by atoms with Gasteiger partial charge in [-0.25, -0.2) is 0 Å². The third kappa shape index (κ3) is 3.30. The first-order valence-electron chi connectivity index (χ1n) is 9.87. The van der Waals surface area contributed by atoms with Crippen molar-refractivity contribution in [1.29, 1.82) is 0 Å². The molecule has 3 heterocycles. The van der Waals surface area contributed by atoms with Crippen molar-refractivity contribution in [2.75, 3.05) is 13.1 Å². The second kappa shape index (κ2) is 7.29. The van der Waals surface area contributed by atoms with Gasteiger partial charge in [0, 0.05) is 37.9 Å². The molecule has 30 heavy (non-hydrogen) atoms. The molecular formula is C22H21N5O3. The van der Waals surface area contributed by atoms with Crippen LogP contribution < -0.4 is 4.74 Å². The first-order chi connectivity index (χ1) is 14.6. The predicted octanol–water partition coefficient (Wildman–Crippen LogP) is 3.23. The molecule has 1 amide bonds. The average molecular weight is 403 g/mol. The number of likely N-dealkylation sites (tertiary alicyclic amines) is 1. The molecule has 8 nitrogen and oxygen atoms in total. The summed E-state index contributed by atoms with van der Waals surface area (Å²) < 4.78 is 12.9. The van der Waals surface area contributed by atoms with E-state index >= 15 is 0 Å². The molecule has 2 aromatic heterocycles. The summed E-state index contributed by atoms with van der Waals surface area (Å²) in [5.41, 5.74) is 2.31. The van der Waals surface area contributed by atoms with Gasteiger partial charge in [0.15, 0.2) is 5.69 Å². The molecule has 0 bridgehead atoms. The Bertz CT molecular complexity index is 1210. The van der Waals surface area contributed by atoms with Gasteiger partial charge in [0.05, 0.1) is 12.1 Å². The molecule has 2 aromatic carbocycles. The fourth-order valence-electron chi connectivity index (χ4n) is 3.82. The molecule has 1 aliphatic heterocycles. The van der Waals surface area contributed by atoms with Gasteiger partial charge in [-0.3, -0.25) is 9.48 Å². The van der Waals surface area contributed by atoms with E-state index in [4.69, 9.17) is 9.26 Å². The van der Waals surface area contributed by atoms with Crippen molar-refractivity contribution in [3.63, 3.8) is 0 Å². The topological polar surface area (TPSA) is 86.3 Å². The lowest BCUT2D eigenvalue weighted by Crippen LogP contribution is -2.31. The zero-order valence-corrected chi connectivity index (χ0v) is 16.8. The number of carbonyl (C=O) groups excluding carboxylic acids is 1. The van der Waals surface area contributed by atoms with E-state index in [1.807, 2.05) is 60.5 Å². The largest absolute Gasteiger partial charge is 0.489 e. The van der Waals surface area contributed by atoms with Gasteiger partial charge in [-0.2, -0.15) is 10.1 Å². The van der Waals surface area contributed by atoms with E-state index in [9.17, 15) is 4.79 Å². The minimum Gasteiger partial charge on any atom is -0.489 e. The van der Waals surface area contributed by atoms with Crippen molar-refractivity contribution in [3.8, 4) is 17.1 Å². The van der Waals surface area contributed by atoms with Crippen LogP contribution in [-0.2, 0) is 7.05 Å². The highest BCUT2D eigenvalue weighted by atomic mass is 16.5. The monoisotopic (exact) mass is 403 g/mol. The standard InChI is InChI=1S/C22H21N5O3/c1-14-23-21(25-30-14)15-7-9-16(10-8-15)29-17-11-12-27(13-17)22(28)20-18-5-3-4-6-19(18)26(2)24-20/h3-10,17H,11-13H2,1-2H3/t17-/m1/s1. The minimum atomic E-state index is -0.0549. The minimum absolute atomic E-state index is 0.0535. The normalized spacial score (nSPS) is 16.3. The Morgan fingerprint density at radius 1 is 1.17 bits per heavy atom. The molecule has 0 aliphatic carbocycles. The van der Waals surface area contributed by atoms with Crippen molar-refractivity contribution in [1.82, 2.24) is 24.8 Å². The lowest BCUT2D eigenvalue weighted by atomic mass is 10.2. The molecule has 1 fully saturated rings. The number of hydrogen-bond donors (Lipinski definition) is 0. The highest BCUT2D eigenvalue weighted by molar-refractivity contribution is 6.04. The van der Waals surface area contributed by atoms with Gasteiger partial charge in [0.1, 0.15) is 11.9 Å². The fraction of sp³-hybridized carbons (Fsp3) is 0.273. The number of rotatable bonds is 4. The van der Waals surface area contributed by atoms with Crippen molar-refractivity contribution < 1.29 is 14.1 Å². The Kier molecular flexibility index (Phi) is 4.46. The van der Waals surface area contributed by atoms with Gasteiger partial charge in [0.25, 0.3) is 5.91 Å². The summed E-state index contributed by atoms with van der Waals surface area (Å²) in [4.78, 5) is 19.1. The second-order valence-electron chi connectivity index (χ2n) is 7.43. The highest BCUT2D eigenvalue weighted by Gasteiger charge is 2.30. The number of para-hydroxylation sites is 1. The molecule has 0 radical (unpaired) electrons. The number of benzene rings is 2. The number of ether oxygens (including phenoxy) is 1. The van der Waals surface area contributed by atoms with Crippen LogP contribution in [0.4, 0.5) is 0 Å². The average Bonchev–Trinajstić information content (AvgIpc) is 3.48. The number of hydrogen-bond acceptors (Lipinski definition) is 6. The number of fused-ring (bicyclic) bond motifs is 1. The van der Waals surface area contributed by atoms with Crippen molar-refractivity contribution in [2.24, 2.45) is 7.05 Å². The lowest BCUT2D eigenvalue weighted by Gasteiger charge is -2.16. The maximum Gasteiger partial charge on any atom is 0.275 e. The molecule has 152 valence electrons. The van der Waals surface area contributed by atoms with Crippen LogP contribution in [0.2, 0.25) is 0 Å². The third-order valence-corrected chi connectivity index (χ3v) is 5.34. The highest BCUT2D eigenvalue weighted by Crippen LogP contribution is 2.25. The van der Waals surface area contributed by atoms with Crippen molar-refractivity contribution >= 4 is 16.8 Å². The zero-order valence-electron chi connectivity index (χ0n) is 16.8. The second-order valence-corrected chi connectivity index (χ2v) is 7.43. The van der Waals surface area contributed by atoms with Crippen LogP contribution in [0.1, 0.15) is 22.8 Å². The molecule has 8 heteroatoms. The smallest absolute Gasteiger partial charge is 0.275 e. The maximum atomic E-state index is 13.0. The van der Waals surface area contributed by atoms with Gasteiger partial charge in [-0.1, -0.05) is 23.4 Å². The number of carbonyl (C=O) groups is 1. The molecule has 0 spiro atoms. The van der Waals surface area contributed by atoms with Crippen LogP contribution in [0.5, 0.6) is 5.75 Å². The Morgan fingerprint density at radius 3 is 2.73 bits per heavy atom. The summed E-state index contributed by atoms with van der Waals surface area (Å²) in [6, 6.07) is 15.4. The first kappa shape index (κ1) is 18.4. The molecule has 0 unspecified atom stereocenters. The molecule has 1 saturated heterocycles. The fourth-order valence-corrected chi connectivity index (χ4v) is 3.82. The van der Waals surface area contributed by atoms with Crippen LogP contribution in [0.3, 0.4) is 0 Å². The van der Waals surface area contributed by atoms with Crippen LogP contribution in [0.15, 0.2) is 53.1 Å². The SMILES string of the molecule is Cc1nc(-c2ccc(O[C@@H]3CCN(C(=O)c4nn(C)c5ccccc45)C3)cc2)no1. The summed E-state index contributed by atoms with van der Waals surface area (Å²) in [5, 5.41) is 9.25. The Balaban J connectivity index is 1.26. The maximum absolute atomic E-state index is 13.0. The van der Waals surface area contributed by atoms with Gasteiger partial charge < -0.3 is 14.2 Å². The number of nitrogens with zero attached hydrogens (tertiary/aromatic N) is 5.